The number of rotatable bonds is 3. The number of halogens is 2. The molecular weight excluding hydrogens is 228 g/mol. The SMILES string of the molecule is N[C@H](CC1CC1)c1ccc2c(c1)OC(F)(F)O2. The number of nitrogens with two attached hydrogens (primary N) is 1. The molecule has 0 spiro atoms. The van der Waals surface area contributed by atoms with Crippen molar-refractivity contribution in [2.75, 3.05) is 0 Å². The number of hydrogen-bond donors (Lipinski definition) is 1. The van der Waals surface area contributed by atoms with Crippen LogP contribution in [0.1, 0.15) is 30.9 Å². The molecule has 3 nitrogen and oxygen atoms in total. The molecule has 1 aliphatic heterocycles. The number of benzene rings is 1. The third-order valence-corrected chi connectivity index (χ3v) is 3.14. The quantitative estimate of drug-likeness (QED) is 0.885. The predicted octanol–water partition coefficient (Wildman–Crippen LogP) is 2.81. The molecule has 0 unspecified atom stereocenters. The topological polar surface area (TPSA) is 44.5 Å². The zero-order valence-electron chi connectivity index (χ0n) is 9.16. The zero-order chi connectivity index (χ0) is 12.0. The lowest BCUT2D eigenvalue weighted by Crippen LogP contribution is -2.25. The number of fused-ring (bicyclic) bond motifs is 1. The van der Waals surface area contributed by atoms with Gasteiger partial charge in [-0.2, -0.15) is 0 Å². The monoisotopic (exact) mass is 241 g/mol. The van der Waals surface area contributed by atoms with E-state index in [4.69, 9.17) is 5.73 Å². The third-order valence-electron chi connectivity index (χ3n) is 3.14. The van der Waals surface area contributed by atoms with Gasteiger partial charge < -0.3 is 15.2 Å². The molecule has 1 saturated carbocycles. The van der Waals surface area contributed by atoms with Crippen molar-refractivity contribution in [2.45, 2.75) is 31.6 Å². The van der Waals surface area contributed by atoms with Gasteiger partial charge in [-0.05, 0) is 30.0 Å². The average Bonchev–Trinajstić information content (AvgIpc) is 2.97. The van der Waals surface area contributed by atoms with Crippen LogP contribution in [-0.2, 0) is 0 Å². The summed E-state index contributed by atoms with van der Waals surface area (Å²) in [5.74, 6) is 0.827. The number of alkyl halides is 2. The summed E-state index contributed by atoms with van der Waals surface area (Å²) in [6, 6.07) is 4.63. The first kappa shape index (κ1) is 10.8. The van der Waals surface area contributed by atoms with Gasteiger partial charge in [0.2, 0.25) is 0 Å². The highest BCUT2D eigenvalue weighted by atomic mass is 19.3. The van der Waals surface area contributed by atoms with E-state index in [2.05, 4.69) is 9.47 Å². The van der Waals surface area contributed by atoms with Crippen molar-refractivity contribution in [1.82, 2.24) is 0 Å². The molecule has 17 heavy (non-hydrogen) atoms. The lowest BCUT2D eigenvalue weighted by Gasteiger charge is -2.11. The van der Waals surface area contributed by atoms with Gasteiger partial charge in [0, 0.05) is 6.04 Å². The van der Waals surface area contributed by atoms with Crippen LogP contribution in [0, 0.1) is 5.92 Å². The van der Waals surface area contributed by atoms with Crippen LogP contribution in [0.3, 0.4) is 0 Å². The van der Waals surface area contributed by atoms with Crippen molar-refractivity contribution in [2.24, 2.45) is 11.7 Å². The molecule has 1 fully saturated rings. The molecule has 0 radical (unpaired) electrons. The highest BCUT2D eigenvalue weighted by molar-refractivity contribution is 5.45. The molecule has 1 aromatic rings. The van der Waals surface area contributed by atoms with Crippen LogP contribution in [-0.4, -0.2) is 6.29 Å². The van der Waals surface area contributed by atoms with Crippen LogP contribution in [0.5, 0.6) is 11.5 Å². The number of hydrogen-bond acceptors (Lipinski definition) is 3. The summed E-state index contributed by atoms with van der Waals surface area (Å²) in [7, 11) is 0. The fraction of sp³-hybridized carbons (Fsp3) is 0.500. The van der Waals surface area contributed by atoms with Crippen molar-refractivity contribution in [3.8, 4) is 11.5 Å². The first-order valence-corrected chi connectivity index (χ1v) is 5.69. The molecule has 92 valence electrons. The standard InChI is InChI=1S/C12H13F2NO2/c13-12(14)16-10-4-3-8(6-11(10)17-12)9(15)5-7-1-2-7/h3-4,6-7,9H,1-2,5,15H2/t9-/m1/s1. The van der Waals surface area contributed by atoms with Gasteiger partial charge in [-0.1, -0.05) is 18.9 Å². The largest absolute Gasteiger partial charge is 0.586 e. The van der Waals surface area contributed by atoms with E-state index in [0.29, 0.717) is 5.92 Å². The summed E-state index contributed by atoms with van der Waals surface area (Å²) < 4.78 is 34.3. The van der Waals surface area contributed by atoms with Gasteiger partial charge in [-0.25, -0.2) is 0 Å². The first-order valence-electron chi connectivity index (χ1n) is 5.69. The number of ether oxygens (including phenoxy) is 2. The fourth-order valence-electron chi connectivity index (χ4n) is 2.04. The van der Waals surface area contributed by atoms with Crippen molar-refractivity contribution in [1.29, 1.82) is 0 Å². The summed E-state index contributed by atoms with van der Waals surface area (Å²) >= 11 is 0. The average molecular weight is 241 g/mol. The first-order chi connectivity index (χ1) is 8.03. The Bertz CT molecular complexity index is 446. The lowest BCUT2D eigenvalue weighted by atomic mass is 10.0. The normalized spacial score (nSPS) is 22.5. The van der Waals surface area contributed by atoms with Crippen LogP contribution in [0.15, 0.2) is 18.2 Å². The Morgan fingerprint density at radius 1 is 1.29 bits per heavy atom. The van der Waals surface area contributed by atoms with E-state index < -0.39 is 6.29 Å². The third kappa shape index (κ3) is 2.20. The maximum Gasteiger partial charge on any atom is 0.586 e. The second kappa shape index (κ2) is 3.57. The van der Waals surface area contributed by atoms with Gasteiger partial charge in [0.25, 0.3) is 0 Å². The summed E-state index contributed by atoms with van der Waals surface area (Å²) in [4.78, 5) is 0. The smallest absolute Gasteiger partial charge is 0.395 e. The highest BCUT2D eigenvalue weighted by Crippen LogP contribution is 2.43. The highest BCUT2D eigenvalue weighted by Gasteiger charge is 2.43. The van der Waals surface area contributed by atoms with E-state index in [1.165, 1.54) is 18.9 Å². The summed E-state index contributed by atoms with van der Waals surface area (Å²) in [5.41, 5.74) is 6.83. The molecule has 0 saturated heterocycles. The van der Waals surface area contributed by atoms with Gasteiger partial charge >= 0.3 is 6.29 Å². The Labute approximate surface area is 97.5 Å². The zero-order valence-corrected chi connectivity index (χ0v) is 9.16. The Morgan fingerprint density at radius 2 is 2.00 bits per heavy atom. The second-order valence-corrected chi connectivity index (χ2v) is 4.66. The lowest BCUT2D eigenvalue weighted by molar-refractivity contribution is -0.286. The van der Waals surface area contributed by atoms with E-state index in [1.807, 2.05) is 0 Å². The van der Waals surface area contributed by atoms with Crippen LogP contribution in [0.25, 0.3) is 0 Å². The van der Waals surface area contributed by atoms with Gasteiger partial charge in [0.15, 0.2) is 11.5 Å². The van der Waals surface area contributed by atoms with E-state index in [0.717, 1.165) is 12.0 Å². The van der Waals surface area contributed by atoms with Gasteiger partial charge in [0.1, 0.15) is 0 Å². The molecule has 1 aliphatic carbocycles. The maximum absolute atomic E-state index is 12.8. The van der Waals surface area contributed by atoms with Crippen LogP contribution in [0.2, 0.25) is 0 Å². The van der Waals surface area contributed by atoms with Gasteiger partial charge in [-0.15, -0.1) is 8.78 Å². The molecule has 0 aromatic heterocycles. The Hall–Kier alpha value is -1.36. The van der Waals surface area contributed by atoms with Gasteiger partial charge in [0.05, 0.1) is 0 Å². The molecule has 1 atom stereocenters. The minimum atomic E-state index is -3.55. The van der Waals surface area contributed by atoms with Crippen molar-refractivity contribution in [3.05, 3.63) is 23.8 Å². The molecule has 3 rings (SSSR count). The van der Waals surface area contributed by atoms with Crippen LogP contribution < -0.4 is 15.2 Å². The minimum Gasteiger partial charge on any atom is -0.395 e. The van der Waals surface area contributed by atoms with Crippen molar-refractivity contribution in [3.63, 3.8) is 0 Å². The molecule has 1 aromatic carbocycles. The van der Waals surface area contributed by atoms with Crippen LogP contribution >= 0.6 is 0 Å². The molecule has 1 heterocycles. The Kier molecular flexibility index (Phi) is 2.26. The van der Waals surface area contributed by atoms with Gasteiger partial charge in [-0.3, -0.25) is 0 Å². The Balaban J connectivity index is 1.79. The van der Waals surface area contributed by atoms with E-state index in [1.54, 1.807) is 12.1 Å². The molecule has 2 aliphatic rings. The Morgan fingerprint density at radius 3 is 2.71 bits per heavy atom. The molecule has 0 bridgehead atoms. The summed E-state index contributed by atoms with van der Waals surface area (Å²) in [6.07, 6.45) is -0.218. The van der Waals surface area contributed by atoms with E-state index in [9.17, 15) is 8.78 Å². The predicted molar refractivity (Wildman–Crippen MR) is 56.9 cm³/mol. The molecule has 2 N–H and O–H groups in total. The van der Waals surface area contributed by atoms with E-state index in [-0.39, 0.29) is 17.5 Å². The molecule has 5 heteroatoms. The van der Waals surface area contributed by atoms with E-state index >= 15 is 0 Å². The van der Waals surface area contributed by atoms with Crippen molar-refractivity contribution >= 4 is 0 Å². The maximum atomic E-state index is 12.8. The summed E-state index contributed by atoms with van der Waals surface area (Å²) in [5, 5.41) is 0. The van der Waals surface area contributed by atoms with Crippen molar-refractivity contribution < 1.29 is 18.3 Å². The minimum absolute atomic E-state index is 0.0670. The fourth-order valence-corrected chi connectivity index (χ4v) is 2.04. The molecule has 0 amide bonds. The summed E-state index contributed by atoms with van der Waals surface area (Å²) in [6.45, 7) is 0. The molecular formula is C12H13F2NO2. The van der Waals surface area contributed by atoms with Crippen LogP contribution in [0.4, 0.5) is 8.78 Å². The second-order valence-electron chi connectivity index (χ2n) is 4.66.